The molecule has 126 valence electrons. The van der Waals surface area contributed by atoms with Crippen LogP contribution >= 0.6 is 24.0 Å². The van der Waals surface area contributed by atoms with Crippen LogP contribution in [0.1, 0.15) is 18.1 Å². The van der Waals surface area contributed by atoms with Gasteiger partial charge in [-0.2, -0.15) is 0 Å². The highest BCUT2D eigenvalue weighted by molar-refractivity contribution is 8.27. The Balaban J connectivity index is 1.90. The predicted octanol–water partition coefficient (Wildman–Crippen LogP) is 4.56. The van der Waals surface area contributed by atoms with Crippen LogP contribution in [0.2, 0.25) is 0 Å². The fraction of sp³-hybridized carbons (Fsp3) is 0.111. The molecule has 1 saturated heterocycles. The summed E-state index contributed by atoms with van der Waals surface area (Å²) in [6.45, 7) is 2.08. The lowest BCUT2D eigenvalue weighted by atomic mass is 10.1. The summed E-state index contributed by atoms with van der Waals surface area (Å²) in [5.74, 6) is -0.268. The smallest absolute Gasteiger partial charge is 0.268 e. The van der Waals surface area contributed by atoms with Crippen molar-refractivity contribution in [3.8, 4) is 0 Å². The third-order valence-electron chi connectivity index (χ3n) is 3.78. The zero-order chi connectivity index (χ0) is 18.0. The third-order valence-corrected chi connectivity index (χ3v) is 5.08. The second-order valence-electron chi connectivity index (χ2n) is 5.39. The molecule has 5 nitrogen and oxygen atoms in total. The van der Waals surface area contributed by atoms with E-state index in [2.05, 4.69) is 6.92 Å². The molecular formula is C18H14N2O3S2. The van der Waals surface area contributed by atoms with Crippen molar-refractivity contribution in [2.75, 3.05) is 4.90 Å². The predicted molar refractivity (Wildman–Crippen MR) is 105 cm³/mol. The molecule has 2 aromatic carbocycles. The molecule has 0 N–H and O–H groups in total. The van der Waals surface area contributed by atoms with Gasteiger partial charge in [-0.25, -0.2) is 0 Å². The van der Waals surface area contributed by atoms with Gasteiger partial charge in [-0.3, -0.25) is 19.8 Å². The van der Waals surface area contributed by atoms with Gasteiger partial charge in [0.2, 0.25) is 0 Å². The van der Waals surface area contributed by atoms with E-state index in [4.69, 9.17) is 12.2 Å². The Morgan fingerprint density at radius 3 is 2.60 bits per heavy atom. The molecule has 1 aliphatic rings. The van der Waals surface area contributed by atoms with Gasteiger partial charge >= 0.3 is 0 Å². The summed E-state index contributed by atoms with van der Waals surface area (Å²) in [7, 11) is 0. The minimum Gasteiger partial charge on any atom is -0.268 e. The van der Waals surface area contributed by atoms with E-state index in [-0.39, 0.29) is 11.6 Å². The molecule has 1 heterocycles. The van der Waals surface area contributed by atoms with Gasteiger partial charge in [0, 0.05) is 12.1 Å². The fourth-order valence-electron chi connectivity index (χ4n) is 2.44. The molecule has 0 saturated carbocycles. The highest BCUT2D eigenvalue weighted by Crippen LogP contribution is 2.36. The van der Waals surface area contributed by atoms with Crippen molar-refractivity contribution in [3.05, 3.63) is 74.7 Å². The van der Waals surface area contributed by atoms with Crippen molar-refractivity contribution < 1.29 is 9.72 Å². The number of hydrogen-bond acceptors (Lipinski definition) is 5. The van der Waals surface area contributed by atoms with E-state index >= 15 is 0 Å². The average Bonchev–Trinajstić information content (AvgIpc) is 2.89. The number of benzene rings is 2. The first kappa shape index (κ1) is 17.3. The zero-order valence-electron chi connectivity index (χ0n) is 13.3. The van der Waals surface area contributed by atoms with Crippen molar-refractivity contribution in [3.63, 3.8) is 0 Å². The van der Waals surface area contributed by atoms with E-state index in [1.54, 1.807) is 18.2 Å². The molecule has 7 heteroatoms. The van der Waals surface area contributed by atoms with E-state index in [1.807, 2.05) is 24.3 Å². The Labute approximate surface area is 154 Å². The number of nitrogens with zero attached hydrogens (tertiary/aromatic N) is 2. The molecule has 0 atom stereocenters. The summed E-state index contributed by atoms with van der Waals surface area (Å²) in [5.41, 5.74) is 2.46. The first-order valence-corrected chi connectivity index (χ1v) is 8.83. The minimum atomic E-state index is -0.494. The minimum absolute atomic E-state index is 0.0781. The molecule has 0 radical (unpaired) electrons. The van der Waals surface area contributed by atoms with Gasteiger partial charge in [-0.15, -0.1) is 0 Å². The van der Waals surface area contributed by atoms with Crippen LogP contribution in [0.15, 0.2) is 53.4 Å². The van der Waals surface area contributed by atoms with Crippen molar-refractivity contribution in [1.29, 1.82) is 0 Å². The average molecular weight is 370 g/mol. The molecule has 0 spiro atoms. The number of rotatable bonds is 4. The molecule has 0 aliphatic carbocycles. The van der Waals surface area contributed by atoms with Crippen molar-refractivity contribution >= 4 is 51.7 Å². The van der Waals surface area contributed by atoms with Crippen LogP contribution in [0.25, 0.3) is 6.08 Å². The summed E-state index contributed by atoms with van der Waals surface area (Å²) in [6.07, 6.45) is 2.74. The zero-order valence-corrected chi connectivity index (χ0v) is 15.0. The van der Waals surface area contributed by atoms with Gasteiger partial charge < -0.3 is 0 Å². The summed E-state index contributed by atoms with van der Waals surface area (Å²) in [5, 5.41) is 10.9. The number of aryl methyl sites for hydroxylation is 1. The Kier molecular flexibility index (Phi) is 4.96. The van der Waals surface area contributed by atoms with Gasteiger partial charge in [-0.1, -0.05) is 61.2 Å². The maximum absolute atomic E-state index is 12.7. The molecule has 1 aliphatic heterocycles. The number of nitro groups is 1. The molecule has 1 amide bonds. The molecule has 1 fully saturated rings. The summed E-state index contributed by atoms with van der Waals surface area (Å²) >= 11 is 6.49. The van der Waals surface area contributed by atoms with Crippen molar-refractivity contribution in [1.82, 2.24) is 0 Å². The Morgan fingerprint density at radius 2 is 1.96 bits per heavy atom. The molecule has 0 bridgehead atoms. The van der Waals surface area contributed by atoms with Gasteiger partial charge in [0.05, 0.1) is 15.5 Å². The molecular weight excluding hydrogens is 356 g/mol. The van der Waals surface area contributed by atoms with Gasteiger partial charge in [-0.05, 0) is 29.7 Å². The van der Waals surface area contributed by atoms with Crippen molar-refractivity contribution in [2.45, 2.75) is 13.3 Å². The number of hydrogen-bond donors (Lipinski definition) is 0. The number of thioether (sulfide) groups is 1. The van der Waals surface area contributed by atoms with E-state index in [0.29, 0.717) is 14.9 Å². The number of carbonyl (C=O) groups is 1. The first-order chi connectivity index (χ1) is 12.0. The Bertz CT molecular complexity index is 891. The number of thiocarbonyl (C=S) groups is 1. The maximum Gasteiger partial charge on any atom is 0.271 e. The molecule has 0 unspecified atom stereocenters. The monoisotopic (exact) mass is 370 g/mol. The van der Waals surface area contributed by atoms with Crippen molar-refractivity contribution in [2.24, 2.45) is 0 Å². The molecule has 2 aromatic rings. The highest BCUT2D eigenvalue weighted by Gasteiger charge is 2.33. The Morgan fingerprint density at radius 1 is 1.24 bits per heavy atom. The Hall–Kier alpha value is -2.51. The first-order valence-electron chi connectivity index (χ1n) is 7.61. The fourth-order valence-corrected chi connectivity index (χ4v) is 3.74. The standard InChI is InChI=1S/C18H14N2O3S2/c1-2-12-6-8-13(9-7-12)10-16-17(21)19(18(24)25-16)14-4-3-5-15(11-14)20(22)23/h3-11H,2H2,1H3/b16-10+. The maximum atomic E-state index is 12.7. The number of non-ortho nitro benzene ring substituents is 1. The largest absolute Gasteiger partial charge is 0.271 e. The van der Waals surface area contributed by atoms with Crippen LogP contribution in [0.4, 0.5) is 11.4 Å². The van der Waals surface area contributed by atoms with Gasteiger partial charge in [0.15, 0.2) is 4.32 Å². The number of amides is 1. The van der Waals surface area contributed by atoms with E-state index < -0.39 is 4.92 Å². The third kappa shape index (κ3) is 3.62. The van der Waals surface area contributed by atoms with Crippen LogP contribution in [-0.4, -0.2) is 15.2 Å². The molecule has 0 aromatic heterocycles. The molecule has 25 heavy (non-hydrogen) atoms. The van der Waals surface area contributed by atoms with E-state index in [1.165, 1.54) is 34.4 Å². The van der Waals surface area contributed by atoms with Crippen LogP contribution in [0, 0.1) is 10.1 Å². The van der Waals surface area contributed by atoms with E-state index in [9.17, 15) is 14.9 Å². The lowest BCUT2D eigenvalue weighted by Gasteiger charge is -2.13. The normalized spacial score (nSPS) is 15.9. The highest BCUT2D eigenvalue weighted by atomic mass is 32.2. The van der Waals surface area contributed by atoms with Crippen LogP contribution in [0.3, 0.4) is 0 Å². The topological polar surface area (TPSA) is 63.4 Å². The van der Waals surface area contributed by atoms with Crippen LogP contribution < -0.4 is 4.90 Å². The van der Waals surface area contributed by atoms with Crippen LogP contribution in [-0.2, 0) is 11.2 Å². The summed E-state index contributed by atoms with van der Waals surface area (Å²) in [4.78, 5) is 25.0. The van der Waals surface area contributed by atoms with Gasteiger partial charge in [0.25, 0.3) is 11.6 Å². The SMILES string of the molecule is CCc1ccc(/C=C2/SC(=S)N(c3cccc([N+](=O)[O-])c3)C2=O)cc1. The second kappa shape index (κ2) is 7.16. The summed E-state index contributed by atoms with van der Waals surface area (Å²) < 4.78 is 0.363. The van der Waals surface area contributed by atoms with Gasteiger partial charge in [0.1, 0.15) is 0 Å². The molecule has 3 rings (SSSR count). The summed E-state index contributed by atoms with van der Waals surface area (Å²) in [6, 6.07) is 13.9. The number of nitro benzene ring substituents is 1. The van der Waals surface area contributed by atoms with E-state index in [0.717, 1.165) is 12.0 Å². The quantitative estimate of drug-likeness (QED) is 0.342. The van der Waals surface area contributed by atoms with Crippen LogP contribution in [0.5, 0.6) is 0 Å². The lowest BCUT2D eigenvalue weighted by Crippen LogP contribution is -2.27. The number of anilines is 1. The lowest BCUT2D eigenvalue weighted by molar-refractivity contribution is -0.384. The number of carbonyl (C=O) groups excluding carboxylic acids is 1. The second-order valence-corrected chi connectivity index (χ2v) is 7.06.